The lowest BCUT2D eigenvalue weighted by Gasteiger charge is -2.21. The highest BCUT2D eigenvalue weighted by Crippen LogP contribution is 2.13. The zero-order valence-electron chi connectivity index (χ0n) is 14.6. The molecule has 0 aliphatic carbocycles. The predicted molar refractivity (Wildman–Crippen MR) is 95.5 cm³/mol. The van der Waals surface area contributed by atoms with Crippen molar-refractivity contribution in [2.75, 3.05) is 6.54 Å². The summed E-state index contributed by atoms with van der Waals surface area (Å²) in [6.07, 6.45) is 1.26. The number of aromatic nitrogens is 2. The van der Waals surface area contributed by atoms with Crippen LogP contribution in [0.1, 0.15) is 30.2 Å². The van der Waals surface area contributed by atoms with Crippen molar-refractivity contribution in [3.63, 3.8) is 0 Å². The van der Waals surface area contributed by atoms with E-state index in [-0.39, 0.29) is 18.0 Å². The van der Waals surface area contributed by atoms with Crippen LogP contribution in [0.4, 0.5) is 0 Å². The topological polar surface area (TPSA) is 88.1 Å². The monoisotopic (exact) mass is 352 g/mol. The number of hydrogen-bond acceptors (Lipinski definition) is 4. The maximum Gasteiger partial charge on any atom is 0.331 e. The third-order valence-corrected chi connectivity index (χ3v) is 4.69. The number of hydrogen-bond donors (Lipinski definition) is 0. The van der Waals surface area contributed by atoms with Gasteiger partial charge in [0.15, 0.2) is 0 Å². The standard InChI is InChI=1S/C19H20N4O3/c1-2-21(12-14-7-4-3-5-8-14)17(24)13-23-18(25)15(11-20)16-9-6-10-22(16)19(23)26/h3-5,7-8H,2,6,9-10,12-13H2,1H3. The third-order valence-electron chi connectivity index (χ3n) is 4.69. The van der Waals surface area contributed by atoms with E-state index in [9.17, 15) is 19.6 Å². The Balaban J connectivity index is 1.91. The summed E-state index contributed by atoms with van der Waals surface area (Å²) < 4.78 is 2.34. The van der Waals surface area contributed by atoms with E-state index in [4.69, 9.17) is 0 Å². The number of amides is 1. The van der Waals surface area contributed by atoms with Gasteiger partial charge in [-0.15, -0.1) is 0 Å². The van der Waals surface area contributed by atoms with Crippen molar-refractivity contribution in [3.8, 4) is 6.07 Å². The Morgan fingerprint density at radius 1 is 1.27 bits per heavy atom. The average molecular weight is 352 g/mol. The van der Waals surface area contributed by atoms with E-state index in [0.29, 0.717) is 31.7 Å². The summed E-state index contributed by atoms with van der Waals surface area (Å²) >= 11 is 0. The SMILES string of the molecule is CCN(Cc1ccccc1)C(=O)Cn1c(=O)c(C#N)c2n(c1=O)CCC2. The van der Waals surface area contributed by atoms with Gasteiger partial charge in [-0.3, -0.25) is 14.2 Å². The lowest BCUT2D eigenvalue weighted by atomic mass is 10.2. The highest BCUT2D eigenvalue weighted by molar-refractivity contribution is 5.76. The van der Waals surface area contributed by atoms with Gasteiger partial charge in [0.05, 0.1) is 0 Å². The fraction of sp³-hybridized carbons (Fsp3) is 0.368. The van der Waals surface area contributed by atoms with E-state index in [2.05, 4.69) is 0 Å². The molecule has 7 nitrogen and oxygen atoms in total. The maximum absolute atomic E-state index is 12.7. The first-order valence-corrected chi connectivity index (χ1v) is 8.65. The van der Waals surface area contributed by atoms with Crippen molar-refractivity contribution < 1.29 is 4.79 Å². The van der Waals surface area contributed by atoms with Crippen LogP contribution in [0, 0.1) is 11.3 Å². The van der Waals surface area contributed by atoms with Gasteiger partial charge in [-0.2, -0.15) is 5.26 Å². The number of nitrogens with zero attached hydrogens (tertiary/aromatic N) is 4. The number of nitriles is 1. The molecule has 0 atom stereocenters. The first-order chi connectivity index (χ1) is 12.6. The molecule has 1 aliphatic rings. The normalized spacial score (nSPS) is 12.5. The Morgan fingerprint density at radius 2 is 2.00 bits per heavy atom. The number of benzene rings is 1. The molecule has 1 amide bonds. The summed E-state index contributed by atoms with van der Waals surface area (Å²) in [4.78, 5) is 39.4. The van der Waals surface area contributed by atoms with E-state index < -0.39 is 11.2 Å². The zero-order chi connectivity index (χ0) is 18.7. The minimum atomic E-state index is -0.672. The van der Waals surface area contributed by atoms with E-state index >= 15 is 0 Å². The molecule has 2 heterocycles. The fourth-order valence-corrected chi connectivity index (χ4v) is 3.30. The van der Waals surface area contributed by atoms with Crippen LogP contribution in [-0.2, 0) is 30.8 Å². The number of carbonyl (C=O) groups excluding carboxylic acids is 1. The molecule has 1 aromatic heterocycles. The third kappa shape index (κ3) is 3.18. The van der Waals surface area contributed by atoms with Crippen molar-refractivity contribution in [3.05, 3.63) is 68.0 Å². The number of carbonyl (C=O) groups is 1. The second-order valence-corrected chi connectivity index (χ2v) is 6.26. The quantitative estimate of drug-likeness (QED) is 0.799. The van der Waals surface area contributed by atoms with Crippen molar-refractivity contribution >= 4 is 5.91 Å². The van der Waals surface area contributed by atoms with E-state index in [1.54, 1.807) is 4.90 Å². The minimum absolute atomic E-state index is 0.0268. The largest absolute Gasteiger partial charge is 0.337 e. The van der Waals surface area contributed by atoms with Crippen molar-refractivity contribution in [1.29, 1.82) is 5.26 Å². The lowest BCUT2D eigenvalue weighted by Crippen LogP contribution is -2.45. The highest BCUT2D eigenvalue weighted by Gasteiger charge is 2.24. The molecule has 0 fully saturated rings. The van der Waals surface area contributed by atoms with Crippen LogP contribution in [0.2, 0.25) is 0 Å². The molecule has 2 aromatic rings. The van der Waals surface area contributed by atoms with Crippen LogP contribution in [-0.4, -0.2) is 26.5 Å². The van der Waals surface area contributed by atoms with Crippen molar-refractivity contribution in [2.45, 2.75) is 39.4 Å². The summed E-state index contributed by atoms with van der Waals surface area (Å²) in [5.41, 5.74) is 0.252. The molecule has 0 bridgehead atoms. The van der Waals surface area contributed by atoms with Gasteiger partial charge < -0.3 is 4.90 Å². The van der Waals surface area contributed by atoms with E-state index in [1.807, 2.05) is 43.3 Å². The predicted octanol–water partition coefficient (Wildman–Crippen LogP) is 0.877. The summed E-state index contributed by atoms with van der Waals surface area (Å²) in [5, 5.41) is 9.31. The van der Waals surface area contributed by atoms with E-state index in [1.165, 1.54) is 4.57 Å². The molecule has 1 aliphatic heterocycles. The van der Waals surface area contributed by atoms with Gasteiger partial charge in [-0.05, 0) is 25.3 Å². The summed E-state index contributed by atoms with van der Waals surface area (Å²) in [6, 6.07) is 11.4. The van der Waals surface area contributed by atoms with Crippen LogP contribution >= 0.6 is 0 Å². The highest BCUT2D eigenvalue weighted by atomic mass is 16.2. The second-order valence-electron chi connectivity index (χ2n) is 6.26. The molecule has 0 saturated heterocycles. The average Bonchev–Trinajstić information content (AvgIpc) is 3.14. The maximum atomic E-state index is 12.7. The fourth-order valence-electron chi connectivity index (χ4n) is 3.30. The van der Waals surface area contributed by atoms with Gasteiger partial charge >= 0.3 is 5.69 Å². The second kappa shape index (κ2) is 7.40. The van der Waals surface area contributed by atoms with Gasteiger partial charge in [0.25, 0.3) is 5.56 Å². The van der Waals surface area contributed by atoms with Crippen LogP contribution in [0.25, 0.3) is 0 Å². The molecule has 7 heteroatoms. The molecule has 0 N–H and O–H groups in total. The van der Waals surface area contributed by atoms with Gasteiger partial charge in [-0.1, -0.05) is 30.3 Å². The molecule has 0 radical (unpaired) electrons. The van der Waals surface area contributed by atoms with Crippen LogP contribution in [0.5, 0.6) is 0 Å². The van der Waals surface area contributed by atoms with Gasteiger partial charge in [0.1, 0.15) is 18.2 Å². The Labute approximate surface area is 150 Å². The molecule has 0 unspecified atom stereocenters. The zero-order valence-corrected chi connectivity index (χ0v) is 14.6. The number of fused-ring (bicyclic) bond motifs is 1. The molecule has 1 aromatic carbocycles. The molecule has 26 heavy (non-hydrogen) atoms. The summed E-state index contributed by atoms with van der Waals surface area (Å²) in [7, 11) is 0. The van der Waals surface area contributed by atoms with Gasteiger partial charge in [0.2, 0.25) is 5.91 Å². The Bertz CT molecular complexity index is 983. The van der Waals surface area contributed by atoms with Crippen LogP contribution in [0.15, 0.2) is 39.9 Å². The summed E-state index contributed by atoms with van der Waals surface area (Å²) in [6.45, 7) is 2.83. The summed E-state index contributed by atoms with van der Waals surface area (Å²) in [5.74, 6) is -0.321. The van der Waals surface area contributed by atoms with E-state index in [0.717, 1.165) is 16.6 Å². The first kappa shape index (κ1) is 17.7. The smallest absolute Gasteiger partial charge is 0.331 e. The Morgan fingerprint density at radius 3 is 2.65 bits per heavy atom. The van der Waals surface area contributed by atoms with Crippen LogP contribution < -0.4 is 11.2 Å². The van der Waals surface area contributed by atoms with Crippen molar-refractivity contribution in [1.82, 2.24) is 14.0 Å². The molecular formula is C19H20N4O3. The lowest BCUT2D eigenvalue weighted by molar-refractivity contribution is -0.132. The Kier molecular flexibility index (Phi) is 5.03. The number of rotatable bonds is 5. The molecule has 134 valence electrons. The molecule has 0 saturated carbocycles. The van der Waals surface area contributed by atoms with Crippen molar-refractivity contribution in [2.24, 2.45) is 0 Å². The van der Waals surface area contributed by atoms with Crippen LogP contribution in [0.3, 0.4) is 0 Å². The molecular weight excluding hydrogens is 332 g/mol. The van der Waals surface area contributed by atoms with Gasteiger partial charge in [0, 0.05) is 25.3 Å². The minimum Gasteiger partial charge on any atom is -0.337 e. The first-order valence-electron chi connectivity index (χ1n) is 8.65. The molecule has 0 spiro atoms. The Hall–Kier alpha value is -3.14. The number of likely N-dealkylation sites (N-methyl/N-ethyl adjacent to an activating group) is 1. The van der Waals surface area contributed by atoms with Gasteiger partial charge in [-0.25, -0.2) is 9.36 Å². The molecule has 3 rings (SSSR count).